The molecule has 4 aliphatic rings. The van der Waals surface area contributed by atoms with Crippen molar-refractivity contribution in [2.45, 2.75) is 97.2 Å². The summed E-state index contributed by atoms with van der Waals surface area (Å²) < 4.78 is 12.3. The zero-order chi connectivity index (χ0) is 21.7. The maximum Gasteiger partial charge on any atom is 0.221 e. The molecule has 10 atom stereocenters. The number of rotatable bonds is 5. The van der Waals surface area contributed by atoms with E-state index < -0.39 is 6.80 Å². The Labute approximate surface area is 181 Å². The van der Waals surface area contributed by atoms with E-state index in [4.69, 9.17) is 0 Å². The lowest BCUT2D eigenvalue weighted by Crippen LogP contribution is -2.58. The van der Waals surface area contributed by atoms with Gasteiger partial charge < -0.3 is 15.5 Å². The van der Waals surface area contributed by atoms with E-state index in [1.165, 1.54) is 25.7 Å². The van der Waals surface area contributed by atoms with Crippen molar-refractivity contribution in [1.82, 2.24) is 5.32 Å². The van der Waals surface area contributed by atoms with Crippen LogP contribution >= 0.6 is 0 Å². The van der Waals surface area contributed by atoms with Crippen LogP contribution in [0.3, 0.4) is 0 Å². The number of amides is 1. The molecule has 3 N–H and O–H groups in total. The second kappa shape index (κ2) is 8.35. The van der Waals surface area contributed by atoms with Gasteiger partial charge >= 0.3 is 0 Å². The summed E-state index contributed by atoms with van der Waals surface area (Å²) in [7, 11) is 0. The molecule has 7 unspecified atom stereocenters. The largest absolute Gasteiger partial charge is 0.393 e. The molecule has 4 rings (SSSR count). The minimum absolute atomic E-state index is 0.164. The highest BCUT2D eigenvalue weighted by atomic mass is 19.1. The van der Waals surface area contributed by atoms with E-state index in [1.807, 2.05) is 0 Å². The molecule has 4 fully saturated rings. The SMILES string of the molecule is CC(CCC(=O)NCF)C1CCC2C3C[C@H](O)[C@@H]4C[C@H](O)CCC4(C)C3CCC12C. The van der Waals surface area contributed by atoms with Crippen LogP contribution in [-0.2, 0) is 4.79 Å². The van der Waals surface area contributed by atoms with Crippen molar-refractivity contribution in [2.24, 2.45) is 46.3 Å². The molecule has 4 aliphatic carbocycles. The van der Waals surface area contributed by atoms with Crippen LogP contribution in [0.5, 0.6) is 0 Å². The topological polar surface area (TPSA) is 69.6 Å². The van der Waals surface area contributed by atoms with E-state index in [2.05, 4.69) is 26.1 Å². The summed E-state index contributed by atoms with van der Waals surface area (Å²) in [6, 6.07) is 0. The molecule has 0 aromatic rings. The Kier molecular flexibility index (Phi) is 6.26. The minimum atomic E-state index is -0.779. The third-order valence-corrected chi connectivity index (χ3v) is 10.5. The van der Waals surface area contributed by atoms with Gasteiger partial charge in [-0.05, 0) is 104 Å². The van der Waals surface area contributed by atoms with E-state index in [1.54, 1.807) is 0 Å². The van der Waals surface area contributed by atoms with Gasteiger partial charge in [-0.1, -0.05) is 20.8 Å². The smallest absolute Gasteiger partial charge is 0.221 e. The number of halogens is 1. The van der Waals surface area contributed by atoms with Crippen LogP contribution in [0.2, 0.25) is 0 Å². The van der Waals surface area contributed by atoms with Crippen LogP contribution in [0.25, 0.3) is 0 Å². The quantitative estimate of drug-likeness (QED) is 0.573. The van der Waals surface area contributed by atoms with Gasteiger partial charge in [0.1, 0.15) is 0 Å². The first-order valence-corrected chi connectivity index (χ1v) is 12.4. The Morgan fingerprint density at radius 2 is 1.73 bits per heavy atom. The first-order valence-electron chi connectivity index (χ1n) is 12.4. The minimum Gasteiger partial charge on any atom is -0.393 e. The molecule has 30 heavy (non-hydrogen) atoms. The van der Waals surface area contributed by atoms with E-state index in [0.717, 1.165) is 32.1 Å². The van der Waals surface area contributed by atoms with Gasteiger partial charge in [0.2, 0.25) is 5.91 Å². The Morgan fingerprint density at radius 1 is 1.03 bits per heavy atom. The summed E-state index contributed by atoms with van der Waals surface area (Å²) >= 11 is 0. The number of fused-ring (bicyclic) bond motifs is 5. The maximum atomic E-state index is 12.3. The second-order valence-electron chi connectivity index (χ2n) is 11.7. The summed E-state index contributed by atoms with van der Waals surface area (Å²) in [6.07, 6.45) is 9.23. The molecule has 0 saturated heterocycles. The van der Waals surface area contributed by atoms with E-state index in [0.29, 0.717) is 36.0 Å². The lowest BCUT2D eigenvalue weighted by molar-refractivity contribution is -0.172. The summed E-state index contributed by atoms with van der Waals surface area (Å²) in [5, 5.41) is 23.6. The number of hydrogen-bond acceptors (Lipinski definition) is 3. The highest BCUT2D eigenvalue weighted by Gasteiger charge is 2.62. The Balaban J connectivity index is 1.48. The number of aliphatic hydroxyl groups is 2. The molecule has 172 valence electrons. The highest BCUT2D eigenvalue weighted by molar-refractivity contribution is 5.75. The standard InChI is InChI=1S/C25H42FNO3/c1-15(4-7-23(30)27-14-26)18-5-6-19-17-13-22(29)21-12-16(28)8-10-25(21,3)20(17)9-11-24(18,19)2/h15-22,28-29H,4-14H2,1-3H3,(H,27,30)/t15?,16-,17?,18?,19?,20?,21+,22+,24?,25?/m1/s1. The molecule has 0 aromatic carbocycles. The van der Waals surface area contributed by atoms with Gasteiger partial charge in [0.15, 0.2) is 6.80 Å². The number of carbonyl (C=O) groups is 1. The van der Waals surface area contributed by atoms with Gasteiger partial charge in [-0.2, -0.15) is 0 Å². The van der Waals surface area contributed by atoms with Crippen LogP contribution < -0.4 is 5.32 Å². The molecule has 1 amide bonds. The summed E-state index contributed by atoms with van der Waals surface area (Å²) in [6.45, 7) is 6.39. The number of nitrogens with one attached hydrogen (secondary N) is 1. The van der Waals surface area contributed by atoms with Crippen LogP contribution in [-0.4, -0.2) is 35.1 Å². The molecule has 5 heteroatoms. The van der Waals surface area contributed by atoms with Gasteiger partial charge in [0, 0.05) is 6.42 Å². The van der Waals surface area contributed by atoms with Crippen molar-refractivity contribution < 1.29 is 19.4 Å². The van der Waals surface area contributed by atoms with E-state index in [9.17, 15) is 19.4 Å². The first kappa shape index (κ1) is 22.5. The Morgan fingerprint density at radius 3 is 2.47 bits per heavy atom. The monoisotopic (exact) mass is 423 g/mol. The predicted molar refractivity (Wildman–Crippen MR) is 115 cm³/mol. The highest BCUT2D eigenvalue weighted by Crippen LogP contribution is 2.68. The van der Waals surface area contributed by atoms with Crippen molar-refractivity contribution in [1.29, 1.82) is 0 Å². The summed E-state index contributed by atoms with van der Waals surface area (Å²) in [5.74, 6) is 3.05. The van der Waals surface area contributed by atoms with Gasteiger partial charge in [0.05, 0.1) is 12.2 Å². The van der Waals surface area contributed by atoms with E-state index in [-0.39, 0.29) is 34.9 Å². The molecule has 0 heterocycles. The van der Waals surface area contributed by atoms with Gasteiger partial charge in [0.25, 0.3) is 0 Å². The van der Waals surface area contributed by atoms with Crippen molar-refractivity contribution >= 4 is 5.91 Å². The fraction of sp³-hybridized carbons (Fsp3) is 0.960. The number of alkyl halides is 1. The van der Waals surface area contributed by atoms with Gasteiger partial charge in [-0.3, -0.25) is 4.79 Å². The molecule has 4 nitrogen and oxygen atoms in total. The van der Waals surface area contributed by atoms with E-state index >= 15 is 0 Å². The fourth-order valence-electron chi connectivity index (χ4n) is 8.98. The van der Waals surface area contributed by atoms with Crippen LogP contribution in [0, 0.1) is 46.3 Å². The molecule has 0 spiro atoms. The van der Waals surface area contributed by atoms with Crippen molar-refractivity contribution in [3.63, 3.8) is 0 Å². The lowest BCUT2D eigenvalue weighted by Gasteiger charge is -2.62. The van der Waals surface area contributed by atoms with Crippen molar-refractivity contribution in [3.05, 3.63) is 0 Å². The lowest BCUT2D eigenvalue weighted by atomic mass is 9.44. The van der Waals surface area contributed by atoms with Gasteiger partial charge in [-0.25, -0.2) is 4.39 Å². The van der Waals surface area contributed by atoms with Crippen molar-refractivity contribution in [3.8, 4) is 0 Å². The molecular formula is C25H42FNO3. The fourth-order valence-corrected chi connectivity index (χ4v) is 8.98. The number of hydrogen-bond donors (Lipinski definition) is 3. The zero-order valence-electron chi connectivity index (χ0n) is 19.1. The second-order valence-corrected chi connectivity index (χ2v) is 11.7. The molecule has 0 radical (unpaired) electrons. The molecule has 4 saturated carbocycles. The molecule has 0 aromatic heterocycles. The average Bonchev–Trinajstić information content (AvgIpc) is 3.05. The maximum absolute atomic E-state index is 12.3. The van der Waals surface area contributed by atoms with Crippen molar-refractivity contribution in [2.75, 3.05) is 6.80 Å². The Bertz CT molecular complexity index is 644. The number of carbonyl (C=O) groups excluding carboxylic acids is 1. The third-order valence-electron chi connectivity index (χ3n) is 10.5. The number of aliphatic hydroxyl groups excluding tert-OH is 2. The summed E-state index contributed by atoms with van der Waals surface area (Å²) in [5.41, 5.74) is 0.450. The van der Waals surface area contributed by atoms with Crippen LogP contribution in [0.4, 0.5) is 4.39 Å². The molecule has 0 aliphatic heterocycles. The normalized spacial score (nSPS) is 48.9. The predicted octanol–water partition coefficient (Wildman–Crippen LogP) is 4.44. The zero-order valence-corrected chi connectivity index (χ0v) is 19.1. The van der Waals surface area contributed by atoms with Crippen LogP contribution in [0.1, 0.15) is 85.0 Å². The molecular weight excluding hydrogens is 381 g/mol. The van der Waals surface area contributed by atoms with Crippen LogP contribution in [0.15, 0.2) is 0 Å². The van der Waals surface area contributed by atoms with Gasteiger partial charge in [-0.15, -0.1) is 0 Å². The molecule has 0 bridgehead atoms. The first-order chi connectivity index (χ1) is 14.2. The summed E-state index contributed by atoms with van der Waals surface area (Å²) in [4.78, 5) is 11.7. The third kappa shape index (κ3) is 3.62. The Hall–Kier alpha value is -0.680. The average molecular weight is 424 g/mol.